The third kappa shape index (κ3) is 3.68. The van der Waals surface area contributed by atoms with Gasteiger partial charge in [-0.2, -0.15) is 0 Å². The Morgan fingerprint density at radius 1 is 1.20 bits per heavy atom. The first-order chi connectivity index (χ1) is 14.6. The van der Waals surface area contributed by atoms with E-state index in [1.807, 2.05) is 48.7 Å². The van der Waals surface area contributed by atoms with Gasteiger partial charge in [0.2, 0.25) is 0 Å². The van der Waals surface area contributed by atoms with Crippen LogP contribution in [-0.4, -0.2) is 39.2 Å². The summed E-state index contributed by atoms with van der Waals surface area (Å²) in [6, 6.07) is 17.4. The van der Waals surface area contributed by atoms with Gasteiger partial charge in [0.15, 0.2) is 5.11 Å². The Morgan fingerprint density at radius 3 is 2.80 bits per heavy atom. The topological polar surface area (TPSA) is 59.4 Å². The number of nitrogens with zero attached hydrogens (tertiary/aromatic N) is 3. The number of benzene rings is 1. The van der Waals surface area contributed by atoms with Crippen LogP contribution in [0.5, 0.6) is 0 Å². The number of thiocarbonyl (C=S) groups is 1. The van der Waals surface area contributed by atoms with E-state index in [9.17, 15) is 4.79 Å². The molecule has 1 aromatic carbocycles. The van der Waals surface area contributed by atoms with E-state index >= 15 is 0 Å². The number of ether oxygens (including phenoxy) is 1. The van der Waals surface area contributed by atoms with Gasteiger partial charge in [-0.25, -0.2) is 4.79 Å². The molecule has 1 fully saturated rings. The van der Waals surface area contributed by atoms with E-state index in [2.05, 4.69) is 32.8 Å². The molecule has 0 unspecified atom stereocenters. The summed E-state index contributed by atoms with van der Waals surface area (Å²) < 4.78 is 6.99. The summed E-state index contributed by atoms with van der Waals surface area (Å²) >= 11 is 5.68. The van der Waals surface area contributed by atoms with E-state index in [0.29, 0.717) is 5.56 Å². The summed E-state index contributed by atoms with van der Waals surface area (Å²) in [6.07, 6.45) is 4.79. The average molecular weight is 421 g/mol. The molecule has 2 aromatic heterocycles. The van der Waals surface area contributed by atoms with Crippen LogP contribution in [0.4, 0.5) is 0 Å². The van der Waals surface area contributed by atoms with Crippen molar-refractivity contribution in [1.82, 2.24) is 19.8 Å². The van der Waals surface area contributed by atoms with Crippen LogP contribution in [-0.2, 0) is 4.74 Å². The van der Waals surface area contributed by atoms with Gasteiger partial charge in [-0.05, 0) is 61.1 Å². The number of aromatic nitrogens is 2. The van der Waals surface area contributed by atoms with Crippen molar-refractivity contribution >= 4 is 23.3 Å². The van der Waals surface area contributed by atoms with Gasteiger partial charge in [0.25, 0.3) is 0 Å². The lowest BCUT2D eigenvalue weighted by Gasteiger charge is -2.28. The highest BCUT2D eigenvalue weighted by Crippen LogP contribution is 2.39. The molecule has 6 nitrogen and oxygen atoms in total. The molecular formula is C23H24N4O2S. The summed E-state index contributed by atoms with van der Waals surface area (Å²) in [5, 5.41) is 4.20. The van der Waals surface area contributed by atoms with Gasteiger partial charge in [-0.1, -0.05) is 19.1 Å². The number of esters is 1. The maximum Gasteiger partial charge on any atom is 0.337 e. The van der Waals surface area contributed by atoms with Crippen LogP contribution < -0.4 is 5.32 Å². The molecule has 30 heavy (non-hydrogen) atoms. The second-order valence-corrected chi connectivity index (χ2v) is 7.55. The normalized spacial score (nSPS) is 18.3. The summed E-state index contributed by atoms with van der Waals surface area (Å²) in [7, 11) is 1.39. The lowest BCUT2D eigenvalue weighted by Crippen LogP contribution is -2.31. The lowest BCUT2D eigenvalue weighted by atomic mass is 10.0. The summed E-state index contributed by atoms with van der Waals surface area (Å²) in [6.45, 7) is 2.99. The molecule has 0 amide bonds. The molecular weight excluding hydrogens is 396 g/mol. The minimum atomic E-state index is -0.353. The zero-order valence-electron chi connectivity index (χ0n) is 17.0. The third-order valence-corrected chi connectivity index (χ3v) is 5.64. The van der Waals surface area contributed by atoms with Crippen LogP contribution in [0.3, 0.4) is 0 Å². The zero-order chi connectivity index (χ0) is 21.1. The van der Waals surface area contributed by atoms with E-state index in [1.165, 1.54) is 7.11 Å². The van der Waals surface area contributed by atoms with Gasteiger partial charge in [-0.3, -0.25) is 4.98 Å². The fraction of sp³-hybridized carbons (Fsp3) is 0.261. The first-order valence-electron chi connectivity index (χ1n) is 9.98. The van der Waals surface area contributed by atoms with E-state index in [1.54, 1.807) is 12.3 Å². The first-order valence-corrected chi connectivity index (χ1v) is 10.4. The van der Waals surface area contributed by atoms with Crippen molar-refractivity contribution in [2.45, 2.75) is 25.4 Å². The molecule has 1 aliphatic heterocycles. The monoisotopic (exact) mass is 420 g/mol. The molecule has 7 heteroatoms. The van der Waals surface area contributed by atoms with Crippen LogP contribution in [0, 0.1) is 0 Å². The first kappa shape index (κ1) is 20.1. The molecule has 1 N–H and O–H groups in total. The molecule has 2 atom stereocenters. The molecule has 154 valence electrons. The Kier molecular flexibility index (Phi) is 5.81. The smallest absolute Gasteiger partial charge is 0.337 e. The van der Waals surface area contributed by atoms with Crippen LogP contribution in [0.1, 0.15) is 47.2 Å². The fourth-order valence-corrected chi connectivity index (χ4v) is 4.31. The quantitative estimate of drug-likeness (QED) is 0.480. The van der Waals surface area contributed by atoms with E-state index in [4.69, 9.17) is 17.0 Å². The van der Waals surface area contributed by atoms with Crippen molar-refractivity contribution in [2.24, 2.45) is 0 Å². The van der Waals surface area contributed by atoms with Crippen LogP contribution in [0.2, 0.25) is 0 Å². The minimum Gasteiger partial charge on any atom is -0.465 e. The number of rotatable bonds is 6. The van der Waals surface area contributed by atoms with Crippen molar-refractivity contribution in [3.8, 4) is 5.69 Å². The standard InChI is InChI=1S/C23H24N4O2S/c1-3-13-27-21(20(25-23(27)30)18-10-4-5-12-24-18)19-11-7-14-26(19)17-9-6-8-16(15-17)22(28)29-2/h4-12,14-15,20-21H,3,13H2,1-2H3,(H,25,30)/t20-,21+/m0/s1. The van der Waals surface area contributed by atoms with Crippen molar-refractivity contribution in [3.63, 3.8) is 0 Å². The van der Waals surface area contributed by atoms with Crippen LogP contribution in [0.25, 0.3) is 5.69 Å². The zero-order valence-corrected chi connectivity index (χ0v) is 17.8. The van der Waals surface area contributed by atoms with Crippen LogP contribution >= 0.6 is 12.2 Å². The number of methoxy groups -OCH3 is 1. The number of hydrogen-bond acceptors (Lipinski definition) is 4. The van der Waals surface area contributed by atoms with Crippen molar-refractivity contribution in [2.75, 3.05) is 13.7 Å². The van der Waals surface area contributed by atoms with Gasteiger partial charge in [0.05, 0.1) is 30.5 Å². The molecule has 0 spiro atoms. The Morgan fingerprint density at radius 2 is 2.07 bits per heavy atom. The Hall–Kier alpha value is -3.19. The molecule has 0 bridgehead atoms. The lowest BCUT2D eigenvalue weighted by molar-refractivity contribution is 0.0600. The van der Waals surface area contributed by atoms with Crippen molar-refractivity contribution in [1.29, 1.82) is 0 Å². The van der Waals surface area contributed by atoms with Gasteiger partial charge >= 0.3 is 5.97 Å². The fourth-order valence-electron chi connectivity index (χ4n) is 3.98. The number of carbonyl (C=O) groups excluding carboxylic acids is 1. The molecule has 0 saturated carbocycles. The van der Waals surface area contributed by atoms with E-state index in [-0.39, 0.29) is 18.1 Å². The molecule has 0 aliphatic carbocycles. The number of carbonyl (C=O) groups is 1. The molecule has 0 radical (unpaired) electrons. The predicted molar refractivity (Wildman–Crippen MR) is 120 cm³/mol. The third-order valence-electron chi connectivity index (χ3n) is 5.29. The van der Waals surface area contributed by atoms with Gasteiger partial charge in [0, 0.05) is 30.3 Å². The predicted octanol–water partition coefficient (Wildman–Crippen LogP) is 4.04. The Bertz CT molecular complexity index is 1050. The van der Waals surface area contributed by atoms with Crippen LogP contribution in [0.15, 0.2) is 67.0 Å². The van der Waals surface area contributed by atoms with E-state index < -0.39 is 0 Å². The molecule has 1 saturated heterocycles. The number of pyridine rings is 1. The maximum atomic E-state index is 12.0. The second-order valence-electron chi connectivity index (χ2n) is 7.16. The number of hydrogen-bond donors (Lipinski definition) is 1. The molecule has 1 aliphatic rings. The Labute approximate surface area is 181 Å². The average Bonchev–Trinajstić information content (AvgIpc) is 3.39. The van der Waals surface area contributed by atoms with Gasteiger partial charge < -0.3 is 19.5 Å². The maximum absolute atomic E-state index is 12.0. The molecule has 3 heterocycles. The number of nitrogens with one attached hydrogen (secondary N) is 1. The minimum absolute atomic E-state index is 0.0240. The SMILES string of the molecule is CCCN1C(=S)N[C@@H](c2ccccn2)[C@H]1c1cccn1-c1cccc(C(=O)OC)c1. The highest BCUT2D eigenvalue weighted by atomic mass is 32.1. The van der Waals surface area contributed by atoms with Crippen molar-refractivity contribution < 1.29 is 9.53 Å². The highest BCUT2D eigenvalue weighted by molar-refractivity contribution is 7.80. The Balaban J connectivity index is 1.79. The summed E-state index contributed by atoms with van der Waals surface area (Å²) in [4.78, 5) is 18.8. The summed E-state index contributed by atoms with van der Waals surface area (Å²) in [5.74, 6) is -0.353. The van der Waals surface area contributed by atoms with E-state index in [0.717, 1.165) is 35.2 Å². The van der Waals surface area contributed by atoms with Gasteiger partial charge in [0.1, 0.15) is 0 Å². The molecule has 3 aromatic rings. The largest absolute Gasteiger partial charge is 0.465 e. The highest BCUT2D eigenvalue weighted by Gasteiger charge is 2.40. The van der Waals surface area contributed by atoms with Gasteiger partial charge in [-0.15, -0.1) is 0 Å². The summed E-state index contributed by atoms with van der Waals surface area (Å²) in [5.41, 5.74) is 3.43. The molecule has 4 rings (SSSR count). The van der Waals surface area contributed by atoms with Crippen molar-refractivity contribution in [3.05, 3.63) is 83.9 Å². The second kappa shape index (κ2) is 8.67.